The van der Waals surface area contributed by atoms with Crippen LogP contribution in [0, 0.1) is 43.4 Å². The van der Waals surface area contributed by atoms with E-state index in [0.29, 0.717) is 30.0 Å². The molecule has 0 spiro atoms. The van der Waals surface area contributed by atoms with Gasteiger partial charge in [0, 0.05) is 32.1 Å². The molecule has 0 radical (unpaired) electrons. The van der Waals surface area contributed by atoms with E-state index in [1.54, 1.807) is 12.5 Å². The molecule has 182 valence electrons. The van der Waals surface area contributed by atoms with E-state index in [9.17, 15) is 9.90 Å². The third-order valence-corrected chi connectivity index (χ3v) is 9.04. The van der Waals surface area contributed by atoms with Crippen molar-refractivity contribution in [1.29, 1.82) is 0 Å². The molecular weight excluding hydrogens is 418 g/mol. The maximum atomic E-state index is 12.2. The molecule has 4 aliphatic rings. The summed E-state index contributed by atoms with van der Waals surface area (Å²) in [6.45, 7) is 8.46. The van der Waals surface area contributed by atoms with Gasteiger partial charge >= 0.3 is 0 Å². The van der Waals surface area contributed by atoms with Crippen molar-refractivity contribution in [3.8, 4) is 12.3 Å². The quantitative estimate of drug-likeness (QED) is 0.530. The predicted molar refractivity (Wildman–Crippen MR) is 141 cm³/mol. The Hall–Kier alpha value is -2.31. The van der Waals surface area contributed by atoms with Crippen LogP contribution in [-0.4, -0.2) is 31.1 Å². The molecule has 0 aromatic heterocycles. The fourth-order valence-electron chi connectivity index (χ4n) is 7.83. The van der Waals surface area contributed by atoms with Crippen molar-refractivity contribution in [3.63, 3.8) is 0 Å². The molecule has 0 bridgehead atoms. The van der Waals surface area contributed by atoms with Gasteiger partial charge in [-0.05, 0) is 110 Å². The second kappa shape index (κ2) is 9.38. The number of carbonyl (C=O) groups excluding carboxylic acids is 1. The van der Waals surface area contributed by atoms with Gasteiger partial charge in [-0.25, -0.2) is 0 Å². The van der Waals surface area contributed by atoms with Crippen molar-refractivity contribution in [2.24, 2.45) is 17.3 Å². The second-order valence-electron chi connectivity index (χ2n) is 11.4. The minimum absolute atomic E-state index is 0.00682. The SMILES string of the molecule is C#CC.Cc1cc(C2CC3(C)C(O)CCC3C3CCC4=CC(=O)CCC4=C23)cc(C)c1N(C)C. The summed E-state index contributed by atoms with van der Waals surface area (Å²) in [6, 6.07) is 4.79. The Labute approximate surface area is 206 Å². The first-order chi connectivity index (χ1) is 16.1. The highest BCUT2D eigenvalue weighted by molar-refractivity contribution is 5.93. The van der Waals surface area contributed by atoms with Gasteiger partial charge in [-0.1, -0.05) is 24.6 Å². The number of aryl methyl sites for hydroxylation is 2. The number of aliphatic hydroxyl groups is 1. The molecule has 0 amide bonds. The zero-order valence-corrected chi connectivity index (χ0v) is 21.9. The summed E-state index contributed by atoms with van der Waals surface area (Å²) >= 11 is 0. The molecule has 0 heterocycles. The molecule has 3 nitrogen and oxygen atoms in total. The molecule has 1 N–H and O–H groups in total. The highest BCUT2D eigenvalue weighted by Gasteiger charge is 2.56. The summed E-state index contributed by atoms with van der Waals surface area (Å²) in [5.41, 5.74) is 9.80. The van der Waals surface area contributed by atoms with Gasteiger partial charge in [0.2, 0.25) is 0 Å². The lowest BCUT2D eigenvalue weighted by atomic mass is 9.53. The number of anilines is 1. The van der Waals surface area contributed by atoms with Gasteiger partial charge < -0.3 is 10.0 Å². The molecule has 2 fully saturated rings. The lowest BCUT2D eigenvalue weighted by Crippen LogP contribution is -2.45. The minimum atomic E-state index is -0.195. The van der Waals surface area contributed by atoms with E-state index >= 15 is 0 Å². The Morgan fingerprint density at radius 2 is 1.74 bits per heavy atom. The lowest BCUT2D eigenvalue weighted by molar-refractivity contribution is -0.114. The number of allylic oxidation sites excluding steroid dienone is 4. The van der Waals surface area contributed by atoms with Crippen LogP contribution in [0.4, 0.5) is 5.69 Å². The van der Waals surface area contributed by atoms with Crippen molar-refractivity contribution < 1.29 is 9.90 Å². The highest BCUT2D eigenvalue weighted by Crippen LogP contribution is 2.64. The van der Waals surface area contributed by atoms with Gasteiger partial charge in [0.25, 0.3) is 0 Å². The van der Waals surface area contributed by atoms with Crippen LogP contribution >= 0.6 is 0 Å². The third-order valence-electron chi connectivity index (χ3n) is 9.04. The van der Waals surface area contributed by atoms with Crippen LogP contribution in [0.3, 0.4) is 0 Å². The summed E-state index contributed by atoms with van der Waals surface area (Å²) in [6.07, 6.45) is 13.2. The molecule has 5 atom stereocenters. The number of ketones is 1. The number of hydrogen-bond acceptors (Lipinski definition) is 3. The number of rotatable bonds is 2. The number of aliphatic hydroxyl groups excluding tert-OH is 1. The maximum Gasteiger partial charge on any atom is 0.156 e. The maximum absolute atomic E-state index is 12.2. The summed E-state index contributed by atoms with van der Waals surface area (Å²) < 4.78 is 0. The van der Waals surface area contributed by atoms with Crippen molar-refractivity contribution in [2.75, 3.05) is 19.0 Å². The van der Waals surface area contributed by atoms with E-state index in [4.69, 9.17) is 0 Å². The van der Waals surface area contributed by atoms with E-state index in [1.165, 1.54) is 33.5 Å². The Kier molecular flexibility index (Phi) is 6.85. The zero-order valence-electron chi connectivity index (χ0n) is 21.9. The molecule has 0 aliphatic heterocycles. The van der Waals surface area contributed by atoms with Gasteiger partial charge in [0.1, 0.15) is 0 Å². The van der Waals surface area contributed by atoms with E-state index in [0.717, 1.165) is 38.5 Å². The van der Waals surface area contributed by atoms with Crippen LogP contribution in [0.25, 0.3) is 0 Å². The van der Waals surface area contributed by atoms with Crippen LogP contribution in [0.1, 0.15) is 81.4 Å². The van der Waals surface area contributed by atoms with Gasteiger partial charge in [0.05, 0.1) is 6.10 Å². The zero-order chi connectivity index (χ0) is 24.8. The van der Waals surface area contributed by atoms with Crippen molar-refractivity contribution in [3.05, 3.63) is 51.6 Å². The molecule has 0 saturated heterocycles. The minimum Gasteiger partial charge on any atom is -0.393 e. The molecule has 4 aliphatic carbocycles. The third kappa shape index (κ3) is 4.05. The van der Waals surface area contributed by atoms with Gasteiger partial charge in [-0.15, -0.1) is 12.3 Å². The fraction of sp³-hybridized carbons (Fsp3) is 0.581. The summed E-state index contributed by atoms with van der Waals surface area (Å²) in [4.78, 5) is 14.4. The predicted octanol–water partition coefficient (Wildman–Crippen LogP) is 6.27. The van der Waals surface area contributed by atoms with Crippen LogP contribution < -0.4 is 4.90 Å². The van der Waals surface area contributed by atoms with Crippen molar-refractivity contribution >= 4 is 11.5 Å². The number of benzene rings is 1. The van der Waals surface area contributed by atoms with Crippen molar-refractivity contribution in [2.45, 2.75) is 84.7 Å². The lowest BCUT2D eigenvalue weighted by Gasteiger charge is -2.52. The Morgan fingerprint density at radius 3 is 2.35 bits per heavy atom. The van der Waals surface area contributed by atoms with Crippen LogP contribution in [0.5, 0.6) is 0 Å². The number of fused-ring (bicyclic) bond motifs is 4. The average molecular weight is 460 g/mol. The van der Waals surface area contributed by atoms with E-state index < -0.39 is 0 Å². The smallest absolute Gasteiger partial charge is 0.156 e. The first-order valence-corrected chi connectivity index (χ1v) is 12.9. The van der Waals surface area contributed by atoms with Crippen LogP contribution in [-0.2, 0) is 4.79 Å². The molecule has 5 unspecified atom stereocenters. The molecule has 2 saturated carbocycles. The molecule has 3 heteroatoms. The van der Waals surface area contributed by atoms with Crippen LogP contribution in [0.2, 0.25) is 0 Å². The number of terminal acetylenes is 1. The average Bonchev–Trinajstić information content (AvgIpc) is 3.07. The summed E-state index contributed by atoms with van der Waals surface area (Å²) in [5, 5.41) is 11.1. The highest BCUT2D eigenvalue weighted by atomic mass is 16.3. The number of hydrogen-bond donors (Lipinski definition) is 1. The van der Waals surface area contributed by atoms with Gasteiger partial charge in [-0.3, -0.25) is 4.79 Å². The first-order valence-electron chi connectivity index (χ1n) is 12.9. The molecule has 5 rings (SSSR count). The topological polar surface area (TPSA) is 40.5 Å². The van der Waals surface area contributed by atoms with Gasteiger partial charge in [0.15, 0.2) is 5.78 Å². The first kappa shape index (κ1) is 24.8. The standard InChI is InChI=1S/C28H37NO2.C3H4/c1-16-12-19(13-17(2)27(16)29(4)5)23-15-28(3)24(10-11-25(28)31)22-8-6-18-14-20(30)7-9-21(18)26(22)23;1-3-2/h12-14,22-25,31H,6-11,15H2,1-5H3;1H,2H3. The molecule has 1 aromatic rings. The molecule has 1 aromatic carbocycles. The van der Waals surface area contributed by atoms with E-state index in [2.05, 4.69) is 64.2 Å². The molecular formula is C31H41NO2. The van der Waals surface area contributed by atoms with E-state index in [-0.39, 0.29) is 11.5 Å². The number of carbonyl (C=O) groups is 1. The fourth-order valence-corrected chi connectivity index (χ4v) is 7.83. The monoisotopic (exact) mass is 459 g/mol. The van der Waals surface area contributed by atoms with Crippen molar-refractivity contribution in [1.82, 2.24) is 0 Å². The van der Waals surface area contributed by atoms with E-state index in [1.807, 2.05) is 6.08 Å². The summed E-state index contributed by atoms with van der Waals surface area (Å²) in [7, 11) is 4.24. The van der Waals surface area contributed by atoms with Crippen LogP contribution in [0.15, 0.2) is 34.9 Å². The van der Waals surface area contributed by atoms with Gasteiger partial charge in [-0.2, -0.15) is 0 Å². The normalized spacial score (nSPS) is 31.9. The number of nitrogens with zero attached hydrogens (tertiary/aromatic N) is 1. The Bertz CT molecular complexity index is 1060. The molecule has 34 heavy (non-hydrogen) atoms. The summed E-state index contributed by atoms with van der Waals surface area (Å²) in [5.74, 6) is 4.02. The second-order valence-corrected chi connectivity index (χ2v) is 11.4. The largest absolute Gasteiger partial charge is 0.393 e. The Balaban J connectivity index is 0.000000868. The Morgan fingerprint density at radius 1 is 1.09 bits per heavy atom.